The molecular formula is C24H25IN2O2. The largest absolute Gasteiger partial charge is 1.00 e. The molecule has 0 saturated carbocycles. The van der Waals surface area contributed by atoms with Crippen LogP contribution in [0.25, 0.3) is 17.0 Å². The van der Waals surface area contributed by atoms with E-state index in [0.29, 0.717) is 5.56 Å². The molecule has 150 valence electrons. The Balaban J connectivity index is 0.00000240. The number of nitrogens with one attached hydrogen (secondary N) is 1. The molecule has 0 spiro atoms. The average Bonchev–Trinajstić information content (AvgIpc) is 3.10. The number of benzene rings is 2. The second-order valence-electron chi connectivity index (χ2n) is 7.84. The molecule has 3 aromatic rings. The van der Waals surface area contributed by atoms with Gasteiger partial charge in [0.05, 0.1) is 18.1 Å². The fourth-order valence-electron chi connectivity index (χ4n) is 4.26. The minimum Gasteiger partial charge on any atom is -1.00 e. The normalized spacial score (nSPS) is 14.9. The number of esters is 1. The number of hydrogen-bond acceptors (Lipinski definition) is 2. The van der Waals surface area contributed by atoms with Crippen LogP contribution in [0.4, 0.5) is 5.69 Å². The number of aromatic nitrogens is 1. The fourth-order valence-corrected chi connectivity index (χ4v) is 4.26. The Morgan fingerprint density at radius 3 is 2.59 bits per heavy atom. The Bertz CT molecular complexity index is 1170. The van der Waals surface area contributed by atoms with Crippen LogP contribution in [0.3, 0.4) is 0 Å². The van der Waals surface area contributed by atoms with E-state index in [-0.39, 0.29) is 35.4 Å². The topological polar surface area (TPSA) is 45.1 Å². The van der Waals surface area contributed by atoms with Crippen LogP contribution < -0.4 is 24.0 Å². The third kappa shape index (κ3) is 3.41. The zero-order chi connectivity index (χ0) is 20.1. The molecule has 0 unspecified atom stereocenters. The summed E-state index contributed by atoms with van der Waals surface area (Å²) in [5.41, 5.74) is 7.32. The highest BCUT2D eigenvalue weighted by Crippen LogP contribution is 2.40. The van der Waals surface area contributed by atoms with Crippen LogP contribution in [0.1, 0.15) is 41.0 Å². The Kier molecular flexibility index (Phi) is 5.72. The molecule has 0 atom stereocenters. The second-order valence-corrected chi connectivity index (χ2v) is 7.84. The Hall–Kier alpha value is -2.41. The number of fused-ring (bicyclic) bond motifs is 2. The maximum Gasteiger partial charge on any atom is 0.337 e. The van der Waals surface area contributed by atoms with Gasteiger partial charge in [0, 0.05) is 39.9 Å². The molecule has 2 aromatic carbocycles. The first-order chi connectivity index (χ1) is 13.3. The van der Waals surface area contributed by atoms with Crippen LogP contribution in [0, 0.1) is 6.92 Å². The van der Waals surface area contributed by atoms with Crippen molar-refractivity contribution in [1.29, 1.82) is 0 Å². The smallest absolute Gasteiger partial charge is 0.337 e. The third-order valence-electron chi connectivity index (χ3n) is 5.81. The number of hydrogen-bond donors (Lipinski definition) is 1. The quantitative estimate of drug-likeness (QED) is 0.340. The number of carbonyl (C=O) groups is 1. The summed E-state index contributed by atoms with van der Waals surface area (Å²) in [6.07, 6.45) is 4.38. The van der Waals surface area contributed by atoms with Gasteiger partial charge in [0.25, 0.3) is 0 Å². The van der Waals surface area contributed by atoms with Crippen LogP contribution in [-0.2, 0) is 10.2 Å². The highest BCUT2D eigenvalue weighted by molar-refractivity contribution is 6.07. The molecule has 1 aromatic heterocycles. The van der Waals surface area contributed by atoms with Gasteiger partial charge in [0.2, 0.25) is 5.69 Å². The van der Waals surface area contributed by atoms with E-state index in [4.69, 9.17) is 4.74 Å². The lowest BCUT2D eigenvalue weighted by Gasteiger charge is -2.16. The van der Waals surface area contributed by atoms with Crippen molar-refractivity contribution in [2.75, 3.05) is 14.2 Å². The van der Waals surface area contributed by atoms with Gasteiger partial charge >= 0.3 is 5.97 Å². The lowest BCUT2D eigenvalue weighted by molar-refractivity contribution is -0.401. The first-order valence-electron chi connectivity index (χ1n) is 9.44. The van der Waals surface area contributed by atoms with Gasteiger partial charge in [0.15, 0.2) is 5.71 Å². The molecule has 0 saturated heterocycles. The maximum atomic E-state index is 12.0. The van der Waals surface area contributed by atoms with Crippen molar-refractivity contribution in [3.8, 4) is 0 Å². The molecule has 0 radical (unpaired) electrons. The molecule has 0 bridgehead atoms. The molecule has 29 heavy (non-hydrogen) atoms. The summed E-state index contributed by atoms with van der Waals surface area (Å²) in [6, 6.07) is 14.1. The van der Waals surface area contributed by atoms with Crippen LogP contribution in [0.15, 0.2) is 48.5 Å². The summed E-state index contributed by atoms with van der Waals surface area (Å²) in [6.45, 7) is 6.49. The number of ether oxygens (including phenoxy) is 1. The predicted molar refractivity (Wildman–Crippen MR) is 114 cm³/mol. The molecule has 0 aliphatic carbocycles. The summed E-state index contributed by atoms with van der Waals surface area (Å²) in [7, 11) is 3.49. The highest BCUT2D eigenvalue weighted by atomic mass is 127. The van der Waals surface area contributed by atoms with Gasteiger partial charge < -0.3 is 33.7 Å². The minimum absolute atomic E-state index is 0. The van der Waals surface area contributed by atoms with E-state index in [1.165, 1.54) is 23.8 Å². The van der Waals surface area contributed by atoms with E-state index >= 15 is 0 Å². The van der Waals surface area contributed by atoms with E-state index in [9.17, 15) is 4.79 Å². The molecular weight excluding hydrogens is 475 g/mol. The van der Waals surface area contributed by atoms with Crippen LogP contribution in [-0.4, -0.2) is 35.4 Å². The Morgan fingerprint density at radius 1 is 1.14 bits per heavy atom. The summed E-state index contributed by atoms with van der Waals surface area (Å²) in [5.74, 6) is -0.306. The van der Waals surface area contributed by atoms with E-state index < -0.39 is 0 Å². The summed E-state index contributed by atoms with van der Waals surface area (Å²) in [4.78, 5) is 15.4. The van der Waals surface area contributed by atoms with Gasteiger partial charge in [-0.2, -0.15) is 4.58 Å². The minimum atomic E-state index is -0.306. The van der Waals surface area contributed by atoms with Crippen LogP contribution >= 0.6 is 0 Å². The summed E-state index contributed by atoms with van der Waals surface area (Å²) in [5, 5.41) is 1.22. The lowest BCUT2D eigenvalue weighted by atomic mass is 9.80. The average molecular weight is 500 g/mol. The molecule has 1 aliphatic rings. The van der Waals surface area contributed by atoms with Crippen molar-refractivity contribution in [2.45, 2.75) is 26.2 Å². The van der Waals surface area contributed by atoms with Crippen molar-refractivity contribution in [3.05, 3.63) is 70.9 Å². The number of rotatable bonds is 3. The van der Waals surface area contributed by atoms with E-state index in [0.717, 1.165) is 22.5 Å². The monoisotopic (exact) mass is 500 g/mol. The number of para-hydroxylation sites is 1. The highest BCUT2D eigenvalue weighted by Gasteiger charge is 2.43. The van der Waals surface area contributed by atoms with Crippen molar-refractivity contribution < 1.29 is 38.1 Å². The first kappa shape index (κ1) is 21.3. The maximum absolute atomic E-state index is 12.0. The summed E-state index contributed by atoms with van der Waals surface area (Å²) < 4.78 is 7.10. The molecule has 0 fully saturated rings. The molecule has 5 heteroatoms. The molecule has 0 amide bonds. The molecule has 4 rings (SSSR count). The number of methoxy groups -OCH3 is 1. The predicted octanol–water partition coefficient (Wildman–Crippen LogP) is 1.99. The Morgan fingerprint density at radius 2 is 1.86 bits per heavy atom. The first-order valence-corrected chi connectivity index (χ1v) is 9.44. The van der Waals surface area contributed by atoms with Crippen molar-refractivity contribution in [3.63, 3.8) is 0 Å². The van der Waals surface area contributed by atoms with Crippen molar-refractivity contribution in [2.24, 2.45) is 0 Å². The number of halogens is 1. The van der Waals surface area contributed by atoms with Gasteiger partial charge in [0.1, 0.15) is 7.05 Å². The number of allylic oxidation sites excluding steroid dienone is 1. The van der Waals surface area contributed by atoms with Gasteiger partial charge in [-0.1, -0.05) is 18.2 Å². The number of nitrogens with zero attached hydrogens (tertiary/aromatic N) is 1. The second kappa shape index (κ2) is 7.78. The summed E-state index contributed by atoms with van der Waals surface area (Å²) >= 11 is 0. The van der Waals surface area contributed by atoms with E-state index in [2.05, 4.69) is 67.7 Å². The van der Waals surface area contributed by atoms with E-state index in [1.807, 2.05) is 24.3 Å². The SMILES string of the molecule is COC(=O)c1ccc2c(c1)C(C)(C)C(/C=C/c1c(C)[nH]c3ccccc13)=[N+]2C.[I-]. The van der Waals surface area contributed by atoms with Crippen molar-refractivity contribution in [1.82, 2.24) is 4.98 Å². The molecule has 4 nitrogen and oxygen atoms in total. The van der Waals surface area contributed by atoms with Gasteiger partial charge in [-0.05, 0) is 45.0 Å². The van der Waals surface area contributed by atoms with Crippen LogP contribution in [0.2, 0.25) is 0 Å². The standard InChI is InChI=1S/C24H24N2O2.HI/c1-15-17(18-8-6-7-9-20(18)25-15)11-13-22-24(2,3)19-14-16(23(27)28-5)10-12-21(19)26(22)4;/h6-14H,1-5H3;1H. The molecule has 2 heterocycles. The van der Waals surface area contributed by atoms with Gasteiger partial charge in [-0.3, -0.25) is 0 Å². The van der Waals surface area contributed by atoms with Crippen molar-refractivity contribution >= 4 is 34.3 Å². The lowest BCUT2D eigenvalue weighted by Crippen LogP contribution is -3.00. The zero-order valence-electron chi connectivity index (χ0n) is 17.3. The zero-order valence-corrected chi connectivity index (χ0v) is 19.5. The van der Waals surface area contributed by atoms with Crippen LogP contribution in [0.5, 0.6) is 0 Å². The molecule has 1 N–H and O–H groups in total. The van der Waals surface area contributed by atoms with Gasteiger partial charge in [-0.25, -0.2) is 4.79 Å². The fraction of sp³-hybridized carbons (Fsp3) is 0.250. The number of H-pyrrole nitrogens is 1. The third-order valence-corrected chi connectivity index (χ3v) is 5.81. The van der Waals surface area contributed by atoms with E-state index in [1.54, 1.807) is 0 Å². The van der Waals surface area contributed by atoms with Gasteiger partial charge in [-0.15, -0.1) is 0 Å². The number of carbonyl (C=O) groups excluding carboxylic acids is 1. The number of aryl methyl sites for hydroxylation is 1. The number of aromatic amines is 1. The molecule has 1 aliphatic heterocycles. The Labute approximate surface area is 188 Å².